The van der Waals surface area contributed by atoms with E-state index in [0.29, 0.717) is 5.41 Å². The van der Waals surface area contributed by atoms with Gasteiger partial charge < -0.3 is 0 Å². The molecule has 1 saturated heterocycles. The highest BCUT2D eigenvalue weighted by Gasteiger charge is 2.24. The normalized spacial score (nSPS) is 19.1. The Morgan fingerprint density at radius 1 is 1.17 bits per heavy atom. The molecule has 0 unspecified atom stereocenters. The predicted molar refractivity (Wildman–Crippen MR) is 74.1 cm³/mol. The molecule has 0 aromatic carbocycles. The van der Waals surface area contributed by atoms with Crippen LogP contribution in [-0.4, -0.2) is 28.0 Å². The lowest BCUT2D eigenvalue weighted by molar-refractivity contribution is 0.144. The number of piperidine rings is 1. The summed E-state index contributed by atoms with van der Waals surface area (Å²) in [5, 5.41) is 0. The quantitative estimate of drug-likeness (QED) is 0.821. The summed E-state index contributed by atoms with van der Waals surface area (Å²) in [5.74, 6) is 1.85. The van der Waals surface area contributed by atoms with Crippen LogP contribution in [0.25, 0.3) is 0 Å². The fraction of sp³-hybridized carbons (Fsp3) is 0.733. The molecular formula is C15H25N3. The minimum Gasteiger partial charge on any atom is -0.296 e. The second-order valence-corrected chi connectivity index (χ2v) is 6.65. The number of aromatic nitrogens is 2. The van der Waals surface area contributed by atoms with Gasteiger partial charge in [-0.3, -0.25) is 4.90 Å². The summed E-state index contributed by atoms with van der Waals surface area (Å²) in [4.78, 5) is 11.1. The molecule has 1 fully saturated rings. The fourth-order valence-electron chi connectivity index (χ4n) is 2.83. The van der Waals surface area contributed by atoms with Gasteiger partial charge in [-0.05, 0) is 49.8 Å². The van der Waals surface area contributed by atoms with Crippen LogP contribution in [0.15, 0.2) is 18.5 Å². The molecule has 1 aromatic rings. The van der Waals surface area contributed by atoms with Crippen molar-refractivity contribution in [1.82, 2.24) is 14.9 Å². The summed E-state index contributed by atoms with van der Waals surface area (Å²) in [6.45, 7) is 10.3. The van der Waals surface area contributed by atoms with Gasteiger partial charge in [0, 0.05) is 12.4 Å². The van der Waals surface area contributed by atoms with Gasteiger partial charge >= 0.3 is 0 Å². The van der Waals surface area contributed by atoms with Crippen LogP contribution in [0.1, 0.15) is 45.9 Å². The molecule has 3 nitrogen and oxygen atoms in total. The van der Waals surface area contributed by atoms with Gasteiger partial charge in [-0.15, -0.1) is 0 Å². The van der Waals surface area contributed by atoms with Crippen LogP contribution in [0, 0.1) is 11.3 Å². The van der Waals surface area contributed by atoms with E-state index in [1.54, 1.807) is 0 Å². The summed E-state index contributed by atoms with van der Waals surface area (Å²) in [6.07, 6.45) is 7.65. The molecule has 2 heterocycles. The first-order valence-corrected chi connectivity index (χ1v) is 7.01. The number of rotatable bonds is 3. The maximum Gasteiger partial charge on any atom is 0.142 e. The van der Waals surface area contributed by atoms with Gasteiger partial charge in [0.1, 0.15) is 5.82 Å². The SMILES string of the molecule is CC(C)(C)CC1CCN(Cc2ncccn2)CC1. The van der Waals surface area contributed by atoms with Gasteiger partial charge in [-0.2, -0.15) is 0 Å². The summed E-state index contributed by atoms with van der Waals surface area (Å²) in [6, 6.07) is 1.87. The van der Waals surface area contributed by atoms with E-state index >= 15 is 0 Å². The van der Waals surface area contributed by atoms with Crippen molar-refractivity contribution in [3.05, 3.63) is 24.3 Å². The van der Waals surface area contributed by atoms with Crippen LogP contribution >= 0.6 is 0 Å². The van der Waals surface area contributed by atoms with E-state index in [0.717, 1.165) is 18.3 Å². The molecule has 1 aliphatic heterocycles. The first-order valence-electron chi connectivity index (χ1n) is 7.01. The molecule has 2 rings (SSSR count). The molecule has 1 aromatic heterocycles. The molecule has 1 aliphatic rings. The Morgan fingerprint density at radius 3 is 2.33 bits per heavy atom. The second kappa shape index (κ2) is 5.79. The number of likely N-dealkylation sites (tertiary alicyclic amines) is 1. The average molecular weight is 247 g/mol. The first kappa shape index (κ1) is 13.5. The lowest BCUT2D eigenvalue weighted by Crippen LogP contribution is -2.34. The highest BCUT2D eigenvalue weighted by Crippen LogP contribution is 2.31. The summed E-state index contributed by atoms with van der Waals surface area (Å²) < 4.78 is 0. The minimum absolute atomic E-state index is 0.468. The maximum atomic E-state index is 4.30. The summed E-state index contributed by atoms with van der Waals surface area (Å²) in [5.41, 5.74) is 0.468. The molecule has 0 amide bonds. The van der Waals surface area contributed by atoms with Gasteiger partial charge in [-0.25, -0.2) is 9.97 Å². The molecule has 3 heteroatoms. The average Bonchev–Trinajstić information content (AvgIpc) is 2.31. The van der Waals surface area contributed by atoms with Crippen molar-refractivity contribution in [2.24, 2.45) is 11.3 Å². The Labute approximate surface area is 111 Å². The smallest absolute Gasteiger partial charge is 0.142 e. The number of hydrogen-bond acceptors (Lipinski definition) is 3. The van der Waals surface area contributed by atoms with Crippen molar-refractivity contribution < 1.29 is 0 Å². The van der Waals surface area contributed by atoms with Gasteiger partial charge in [0.25, 0.3) is 0 Å². The summed E-state index contributed by atoms with van der Waals surface area (Å²) >= 11 is 0. The molecule has 0 saturated carbocycles. The summed E-state index contributed by atoms with van der Waals surface area (Å²) in [7, 11) is 0. The highest BCUT2D eigenvalue weighted by molar-refractivity contribution is 4.89. The van der Waals surface area contributed by atoms with E-state index in [-0.39, 0.29) is 0 Å². The van der Waals surface area contributed by atoms with Crippen LogP contribution in [0.5, 0.6) is 0 Å². The topological polar surface area (TPSA) is 29.0 Å². The van der Waals surface area contributed by atoms with Crippen LogP contribution in [0.2, 0.25) is 0 Å². The third kappa shape index (κ3) is 4.37. The van der Waals surface area contributed by atoms with Crippen molar-refractivity contribution in [3.63, 3.8) is 0 Å². The third-order valence-electron chi connectivity index (χ3n) is 3.59. The first-order chi connectivity index (χ1) is 8.53. The maximum absolute atomic E-state index is 4.30. The number of hydrogen-bond donors (Lipinski definition) is 0. The highest BCUT2D eigenvalue weighted by atomic mass is 15.1. The molecule has 0 spiro atoms. The Morgan fingerprint density at radius 2 is 1.78 bits per heavy atom. The van der Waals surface area contributed by atoms with E-state index in [4.69, 9.17) is 0 Å². The predicted octanol–water partition coefficient (Wildman–Crippen LogP) is 3.12. The van der Waals surface area contributed by atoms with Crippen LogP contribution in [0.3, 0.4) is 0 Å². The Balaban J connectivity index is 1.77. The standard InChI is InChI=1S/C15H25N3/c1-15(2,3)11-13-5-9-18(10-6-13)12-14-16-7-4-8-17-14/h4,7-8,13H,5-6,9-12H2,1-3H3. The van der Waals surface area contributed by atoms with Crippen molar-refractivity contribution in [2.45, 2.75) is 46.6 Å². The van der Waals surface area contributed by atoms with Crippen LogP contribution in [-0.2, 0) is 6.54 Å². The monoisotopic (exact) mass is 247 g/mol. The zero-order valence-electron chi connectivity index (χ0n) is 11.9. The molecule has 18 heavy (non-hydrogen) atoms. The lowest BCUT2D eigenvalue weighted by Gasteiger charge is -2.34. The molecular weight excluding hydrogens is 222 g/mol. The molecule has 0 N–H and O–H groups in total. The Bertz CT molecular complexity index is 348. The third-order valence-corrected chi connectivity index (χ3v) is 3.59. The molecule has 100 valence electrons. The zero-order valence-corrected chi connectivity index (χ0v) is 11.9. The van der Waals surface area contributed by atoms with Crippen molar-refractivity contribution in [3.8, 4) is 0 Å². The lowest BCUT2D eigenvalue weighted by atomic mass is 9.80. The van der Waals surface area contributed by atoms with Crippen molar-refractivity contribution in [1.29, 1.82) is 0 Å². The van der Waals surface area contributed by atoms with Crippen molar-refractivity contribution in [2.75, 3.05) is 13.1 Å². The van der Waals surface area contributed by atoms with Gasteiger partial charge in [0.2, 0.25) is 0 Å². The second-order valence-electron chi connectivity index (χ2n) is 6.65. The van der Waals surface area contributed by atoms with E-state index in [1.807, 2.05) is 18.5 Å². The largest absolute Gasteiger partial charge is 0.296 e. The molecule has 0 atom stereocenters. The van der Waals surface area contributed by atoms with Crippen molar-refractivity contribution >= 4 is 0 Å². The van der Waals surface area contributed by atoms with Gasteiger partial charge in [-0.1, -0.05) is 20.8 Å². The van der Waals surface area contributed by atoms with E-state index in [1.165, 1.54) is 32.4 Å². The Kier molecular flexibility index (Phi) is 4.33. The van der Waals surface area contributed by atoms with Crippen LogP contribution in [0.4, 0.5) is 0 Å². The zero-order chi connectivity index (χ0) is 13.0. The van der Waals surface area contributed by atoms with E-state index < -0.39 is 0 Å². The van der Waals surface area contributed by atoms with Gasteiger partial charge in [0.05, 0.1) is 6.54 Å². The van der Waals surface area contributed by atoms with E-state index in [2.05, 4.69) is 35.6 Å². The fourth-order valence-corrected chi connectivity index (χ4v) is 2.83. The van der Waals surface area contributed by atoms with E-state index in [9.17, 15) is 0 Å². The minimum atomic E-state index is 0.468. The van der Waals surface area contributed by atoms with Crippen LogP contribution < -0.4 is 0 Å². The molecule has 0 aliphatic carbocycles. The number of nitrogens with zero attached hydrogens (tertiary/aromatic N) is 3. The Hall–Kier alpha value is -0.960. The molecule has 0 radical (unpaired) electrons. The molecule has 0 bridgehead atoms. The van der Waals surface area contributed by atoms with Gasteiger partial charge in [0.15, 0.2) is 0 Å².